The molecule has 2 N–H and O–H groups in total. The van der Waals surface area contributed by atoms with Crippen LogP contribution in [0.5, 0.6) is 5.75 Å². The number of alkyl halides is 3. The Labute approximate surface area is 249 Å². The van der Waals surface area contributed by atoms with E-state index in [0.29, 0.717) is 39.7 Å². The minimum absolute atomic E-state index is 0.00705. The van der Waals surface area contributed by atoms with Gasteiger partial charge in [0.1, 0.15) is 12.4 Å². The number of aromatic nitrogens is 1. The first kappa shape index (κ1) is 29.6. The molecule has 1 aliphatic carbocycles. The van der Waals surface area contributed by atoms with Crippen molar-refractivity contribution < 1.29 is 32.6 Å². The molecule has 7 nitrogen and oxygen atoms in total. The molecule has 0 bridgehead atoms. The van der Waals surface area contributed by atoms with Gasteiger partial charge in [-0.25, -0.2) is 4.98 Å². The van der Waals surface area contributed by atoms with Crippen LogP contribution >= 0.6 is 23.2 Å². The highest BCUT2D eigenvalue weighted by Gasteiger charge is 2.66. The maximum absolute atomic E-state index is 14.7. The fraction of sp³-hybridized carbons (Fsp3) is 0.233. The van der Waals surface area contributed by atoms with Crippen LogP contribution in [0.2, 0.25) is 10.0 Å². The molecule has 0 saturated carbocycles. The van der Waals surface area contributed by atoms with E-state index in [2.05, 4.69) is 17.0 Å². The summed E-state index contributed by atoms with van der Waals surface area (Å²) in [6.45, 7) is 3.71. The minimum Gasteiger partial charge on any atom is -0.491 e. The number of imide groups is 1. The highest BCUT2D eigenvalue weighted by atomic mass is 35.5. The fourth-order valence-corrected chi connectivity index (χ4v) is 6.10. The van der Waals surface area contributed by atoms with Crippen LogP contribution in [0.25, 0.3) is 0 Å². The van der Waals surface area contributed by atoms with Crippen molar-refractivity contribution in [3.8, 4) is 5.75 Å². The van der Waals surface area contributed by atoms with Crippen LogP contribution in [0.3, 0.4) is 0 Å². The summed E-state index contributed by atoms with van der Waals surface area (Å²) < 4.78 is 45.4. The zero-order valence-corrected chi connectivity index (χ0v) is 23.4. The van der Waals surface area contributed by atoms with Crippen molar-refractivity contribution in [1.29, 1.82) is 0 Å². The van der Waals surface area contributed by atoms with Crippen molar-refractivity contribution >= 4 is 40.8 Å². The van der Waals surface area contributed by atoms with Crippen LogP contribution in [-0.2, 0) is 21.2 Å². The Morgan fingerprint density at radius 1 is 1.17 bits per heavy atom. The summed E-state index contributed by atoms with van der Waals surface area (Å²) >= 11 is 12.3. The van der Waals surface area contributed by atoms with Crippen molar-refractivity contribution in [1.82, 2.24) is 9.99 Å². The second-order valence-corrected chi connectivity index (χ2v) is 10.6. The highest BCUT2D eigenvalue weighted by molar-refractivity contribution is 6.33. The summed E-state index contributed by atoms with van der Waals surface area (Å²) in [6, 6.07) is 14.2. The molecule has 3 unspecified atom stereocenters. The van der Waals surface area contributed by atoms with E-state index >= 15 is 0 Å². The van der Waals surface area contributed by atoms with Gasteiger partial charge in [-0.3, -0.25) is 15.0 Å². The molecule has 2 heterocycles. The summed E-state index contributed by atoms with van der Waals surface area (Å²) in [5.74, 6) is -2.91. The number of allylic oxidation sites excluding steroid dienone is 3. The van der Waals surface area contributed by atoms with E-state index in [0.717, 1.165) is 5.01 Å². The van der Waals surface area contributed by atoms with E-state index in [1.54, 1.807) is 54.6 Å². The van der Waals surface area contributed by atoms with E-state index in [1.807, 2.05) is 6.08 Å². The summed E-state index contributed by atoms with van der Waals surface area (Å²) in [5, 5.41) is 10.2. The number of nitrogens with one attached hydrogen (secondary N) is 1. The Hall–Kier alpha value is -3.86. The lowest BCUT2D eigenvalue weighted by Crippen LogP contribution is -2.48. The number of aliphatic hydroxyl groups is 1. The lowest BCUT2D eigenvalue weighted by Gasteiger charge is -2.43. The first-order chi connectivity index (χ1) is 20.0. The van der Waals surface area contributed by atoms with Gasteiger partial charge >= 0.3 is 6.18 Å². The van der Waals surface area contributed by atoms with E-state index < -0.39 is 45.8 Å². The molecule has 1 saturated heterocycles. The van der Waals surface area contributed by atoms with E-state index in [4.69, 9.17) is 27.9 Å². The topological polar surface area (TPSA) is 91.8 Å². The third-order valence-electron chi connectivity index (χ3n) is 7.53. The first-order valence-corrected chi connectivity index (χ1v) is 13.6. The molecule has 2 aromatic carbocycles. The molecule has 0 spiro atoms. The first-order valence-electron chi connectivity index (χ1n) is 12.8. The van der Waals surface area contributed by atoms with E-state index in [9.17, 15) is 27.9 Å². The van der Waals surface area contributed by atoms with E-state index in [-0.39, 0.29) is 25.5 Å². The van der Waals surface area contributed by atoms with Gasteiger partial charge in [-0.2, -0.15) is 18.2 Å². The molecular weight excluding hydrogens is 594 g/mol. The van der Waals surface area contributed by atoms with Crippen LogP contribution in [0, 0.1) is 5.92 Å². The molecule has 218 valence electrons. The van der Waals surface area contributed by atoms with Crippen molar-refractivity contribution in [3.63, 3.8) is 0 Å². The number of ether oxygens (including phenoxy) is 1. The number of fused-ring (bicyclic) bond motifs is 1. The quantitative estimate of drug-likeness (QED) is 0.287. The molecule has 0 radical (unpaired) electrons. The van der Waals surface area contributed by atoms with Crippen molar-refractivity contribution in [2.45, 2.75) is 23.9 Å². The minimum atomic E-state index is -4.69. The number of anilines is 1. The normalized spacial score (nSPS) is 22.0. The molecule has 1 aliphatic heterocycles. The molecule has 2 aliphatic rings. The molecule has 42 heavy (non-hydrogen) atoms. The van der Waals surface area contributed by atoms with Crippen molar-refractivity contribution in [2.75, 3.05) is 18.6 Å². The molecule has 12 heteroatoms. The maximum atomic E-state index is 14.7. The smallest absolute Gasteiger partial charge is 0.417 e. The van der Waals surface area contributed by atoms with Crippen LogP contribution in [-0.4, -0.2) is 40.1 Å². The summed E-state index contributed by atoms with van der Waals surface area (Å²) in [6.07, 6.45) is -0.512. The molecular formula is C30H24Cl2F3N3O4. The number of carbonyl (C=O) groups excluding carboxylic acids is 2. The lowest BCUT2D eigenvalue weighted by molar-refractivity contribution is -0.139. The average Bonchev–Trinajstić information content (AvgIpc) is 3.18. The number of rotatable bonds is 8. The predicted molar refractivity (Wildman–Crippen MR) is 151 cm³/mol. The molecule has 3 atom stereocenters. The molecule has 2 amide bonds. The van der Waals surface area contributed by atoms with Crippen molar-refractivity contribution in [3.05, 3.63) is 112 Å². The van der Waals surface area contributed by atoms with Crippen LogP contribution < -0.4 is 10.2 Å². The number of pyridine rings is 1. The Bertz CT molecular complexity index is 1580. The largest absolute Gasteiger partial charge is 0.491 e. The monoisotopic (exact) mass is 617 g/mol. The van der Waals surface area contributed by atoms with Gasteiger partial charge in [-0.1, -0.05) is 72.3 Å². The van der Waals surface area contributed by atoms with Gasteiger partial charge in [-0.05, 0) is 41.8 Å². The molecule has 3 aromatic rings. The highest BCUT2D eigenvalue weighted by Crippen LogP contribution is 2.58. The number of halogens is 5. The lowest BCUT2D eigenvalue weighted by atomic mass is 9.56. The third kappa shape index (κ3) is 4.93. The Kier molecular flexibility index (Phi) is 8.06. The summed E-state index contributed by atoms with van der Waals surface area (Å²) in [5.41, 5.74) is 1.68. The summed E-state index contributed by atoms with van der Waals surface area (Å²) in [7, 11) is 0. The van der Waals surface area contributed by atoms with Crippen LogP contribution in [0.15, 0.2) is 85.1 Å². The molecule has 1 fully saturated rings. The van der Waals surface area contributed by atoms with Gasteiger partial charge in [0, 0.05) is 22.7 Å². The van der Waals surface area contributed by atoms with Gasteiger partial charge in [0.15, 0.2) is 5.82 Å². The zero-order chi connectivity index (χ0) is 30.2. The predicted octanol–water partition coefficient (Wildman–Crippen LogP) is 6.33. The zero-order valence-electron chi connectivity index (χ0n) is 21.9. The van der Waals surface area contributed by atoms with Gasteiger partial charge in [0.25, 0.3) is 11.8 Å². The SMILES string of the molecule is C=CC1=CCC2C(=O)N(Nc3ncc(C(F)(F)F)cc3Cl)C(=O)C2(c2ccc(Cl)cc2)C1c1ccccc1OCCO. The van der Waals surface area contributed by atoms with Crippen molar-refractivity contribution in [2.24, 2.45) is 5.92 Å². The van der Waals surface area contributed by atoms with Gasteiger partial charge in [0.05, 0.1) is 28.5 Å². The number of hydrogen-bond donors (Lipinski definition) is 2. The number of para-hydroxylation sites is 1. The van der Waals surface area contributed by atoms with E-state index in [1.165, 1.54) is 0 Å². The third-order valence-corrected chi connectivity index (χ3v) is 8.07. The number of hydrazine groups is 1. The second kappa shape index (κ2) is 11.4. The number of hydrogen-bond acceptors (Lipinski definition) is 6. The number of benzene rings is 2. The fourth-order valence-electron chi connectivity index (χ4n) is 5.77. The van der Waals surface area contributed by atoms with Crippen LogP contribution in [0.4, 0.5) is 19.0 Å². The standard InChI is InChI=1S/C30H24Cl2F3N3O4/c1-2-17-7-12-22-27(40)38(37-26-23(32)15-19(16-36-26)30(33,34)35)28(41)29(22,18-8-10-20(31)11-9-18)25(17)21-5-3-4-6-24(21)42-14-13-39/h2-11,15-16,22,25,39H,1,12-14H2,(H,36,37). The van der Waals surface area contributed by atoms with Crippen LogP contribution in [0.1, 0.15) is 29.0 Å². The Balaban J connectivity index is 1.69. The molecule has 5 rings (SSSR count). The number of nitrogens with zero attached hydrogens (tertiary/aromatic N) is 2. The number of amides is 2. The van der Waals surface area contributed by atoms with Gasteiger partial charge in [-0.15, -0.1) is 0 Å². The molecule has 1 aromatic heterocycles. The number of aliphatic hydroxyl groups excluding tert-OH is 1. The summed E-state index contributed by atoms with van der Waals surface area (Å²) in [4.78, 5) is 32.5. The average molecular weight is 618 g/mol. The Morgan fingerprint density at radius 3 is 2.52 bits per heavy atom. The maximum Gasteiger partial charge on any atom is 0.417 e. The van der Waals surface area contributed by atoms with Gasteiger partial charge in [0.2, 0.25) is 0 Å². The van der Waals surface area contributed by atoms with Gasteiger partial charge < -0.3 is 9.84 Å². The number of carbonyl (C=O) groups is 2. The Morgan fingerprint density at radius 2 is 1.88 bits per heavy atom. The second-order valence-electron chi connectivity index (χ2n) is 9.76.